The van der Waals surface area contributed by atoms with Crippen LogP contribution in [0.25, 0.3) is 5.69 Å². The van der Waals surface area contributed by atoms with Crippen molar-refractivity contribution < 1.29 is 18.7 Å². The van der Waals surface area contributed by atoms with Crippen molar-refractivity contribution in [2.75, 3.05) is 13.7 Å². The first-order valence-corrected chi connectivity index (χ1v) is 12.0. The summed E-state index contributed by atoms with van der Waals surface area (Å²) >= 11 is 6.10. The average molecular weight is 508 g/mol. The fraction of sp³-hybridized carbons (Fsp3) is 0.214. The van der Waals surface area contributed by atoms with Gasteiger partial charge in [0.15, 0.2) is 11.5 Å². The van der Waals surface area contributed by atoms with Crippen LogP contribution in [0, 0.1) is 12.7 Å². The van der Waals surface area contributed by atoms with E-state index in [1.807, 2.05) is 44.2 Å². The quantitative estimate of drug-likeness (QED) is 0.249. The number of amides is 1. The van der Waals surface area contributed by atoms with Gasteiger partial charge in [0, 0.05) is 17.1 Å². The van der Waals surface area contributed by atoms with Crippen LogP contribution < -0.4 is 9.47 Å². The molecule has 36 heavy (non-hydrogen) atoms. The van der Waals surface area contributed by atoms with E-state index in [-0.39, 0.29) is 12.5 Å². The van der Waals surface area contributed by atoms with Crippen molar-refractivity contribution in [3.63, 3.8) is 0 Å². The molecule has 4 aromatic rings. The third-order valence-corrected chi connectivity index (χ3v) is 5.94. The van der Waals surface area contributed by atoms with E-state index in [0.717, 1.165) is 17.7 Å². The van der Waals surface area contributed by atoms with Crippen molar-refractivity contribution in [3.8, 4) is 23.1 Å². The molecule has 4 rings (SSSR count). The Labute approximate surface area is 214 Å². The van der Waals surface area contributed by atoms with Gasteiger partial charge in [-0.25, -0.2) is 9.07 Å². The number of rotatable bonds is 9. The summed E-state index contributed by atoms with van der Waals surface area (Å²) in [7, 11) is 1.57. The van der Waals surface area contributed by atoms with E-state index in [0.29, 0.717) is 40.2 Å². The van der Waals surface area contributed by atoms with Crippen molar-refractivity contribution in [2.24, 2.45) is 0 Å². The zero-order chi connectivity index (χ0) is 25.7. The van der Waals surface area contributed by atoms with Gasteiger partial charge in [-0.1, -0.05) is 36.7 Å². The summed E-state index contributed by atoms with van der Waals surface area (Å²) in [5, 5.41) is 5.33. The summed E-state index contributed by atoms with van der Waals surface area (Å²) in [6.45, 7) is 4.57. The zero-order valence-corrected chi connectivity index (χ0v) is 21.1. The highest BCUT2D eigenvalue weighted by molar-refractivity contribution is 6.30. The lowest BCUT2D eigenvalue weighted by atomic mass is 10.1. The number of aryl methyl sites for hydroxylation is 1. The Morgan fingerprint density at radius 3 is 2.44 bits per heavy atom. The molecule has 0 aliphatic carbocycles. The number of carbonyl (C=O) groups is 1. The summed E-state index contributed by atoms with van der Waals surface area (Å²) < 4.78 is 27.4. The highest BCUT2D eigenvalue weighted by Gasteiger charge is 2.25. The van der Waals surface area contributed by atoms with Gasteiger partial charge in [0.25, 0.3) is 5.91 Å². The number of para-hydroxylation sites is 2. The number of nitrogens with zero attached hydrogens (tertiary/aromatic N) is 3. The summed E-state index contributed by atoms with van der Waals surface area (Å²) in [6, 6.07) is 20.3. The normalized spacial score (nSPS) is 10.8. The SMILES string of the molecule is CCCN(Cc1c(C)nn(-c2ccc(Cl)cc2)c1Oc1ccccc1OC)C(=O)c1cccc(F)c1. The Morgan fingerprint density at radius 1 is 1.06 bits per heavy atom. The minimum atomic E-state index is -0.454. The van der Waals surface area contributed by atoms with Crippen LogP contribution in [0.5, 0.6) is 17.4 Å². The Morgan fingerprint density at radius 2 is 1.78 bits per heavy atom. The van der Waals surface area contributed by atoms with E-state index in [1.165, 1.54) is 18.2 Å². The van der Waals surface area contributed by atoms with Crippen molar-refractivity contribution in [1.29, 1.82) is 0 Å². The first-order valence-electron chi connectivity index (χ1n) is 11.6. The minimum absolute atomic E-state index is 0.229. The lowest BCUT2D eigenvalue weighted by molar-refractivity contribution is 0.0741. The molecule has 0 radical (unpaired) electrons. The second-order valence-corrected chi connectivity index (χ2v) is 8.68. The highest BCUT2D eigenvalue weighted by Crippen LogP contribution is 2.36. The van der Waals surface area contributed by atoms with Gasteiger partial charge in [-0.2, -0.15) is 5.10 Å². The molecule has 0 spiro atoms. The number of halogens is 2. The van der Waals surface area contributed by atoms with E-state index in [2.05, 4.69) is 0 Å². The molecule has 0 fully saturated rings. The second-order valence-electron chi connectivity index (χ2n) is 8.25. The number of hydrogen-bond donors (Lipinski definition) is 0. The van der Waals surface area contributed by atoms with E-state index in [9.17, 15) is 9.18 Å². The number of ether oxygens (including phenoxy) is 2. The molecule has 0 unspecified atom stereocenters. The van der Waals surface area contributed by atoms with Crippen LogP contribution in [-0.4, -0.2) is 34.2 Å². The molecule has 1 aromatic heterocycles. The Balaban J connectivity index is 1.79. The predicted molar refractivity (Wildman–Crippen MR) is 138 cm³/mol. The molecule has 6 nitrogen and oxygen atoms in total. The van der Waals surface area contributed by atoms with Gasteiger partial charge in [0.1, 0.15) is 5.82 Å². The van der Waals surface area contributed by atoms with Gasteiger partial charge in [-0.3, -0.25) is 4.79 Å². The number of methoxy groups -OCH3 is 1. The molecule has 0 N–H and O–H groups in total. The van der Waals surface area contributed by atoms with Gasteiger partial charge in [-0.05, 0) is 67.9 Å². The smallest absolute Gasteiger partial charge is 0.254 e. The maximum Gasteiger partial charge on any atom is 0.254 e. The van der Waals surface area contributed by atoms with Crippen molar-refractivity contribution in [1.82, 2.24) is 14.7 Å². The third-order valence-electron chi connectivity index (χ3n) is 5.69. The predicted octanol–water partition coefficient (Wildman–Crippen LogP) is 6.83. The molecular weight excluding hydrogens is 481 g/mol. The Hall–Kier alpha value is -3.84. The van der Waals surface area contributed by atoms with Crippen LogP contribution >= 0.6 is 11.6 Å². The standard InChI is InChI=1S/C28H27ClFN3O3/c1-4-16-32(27(34)20-8-7-9-22(30)17-20)18-24-19(2)31-33(23-14-12-21(29)13-15-23)28(24)36-26-11-6-5-10-25(26)35-3/h5-15,17H,4,16,18H2,1-3H3. The number of hydrogen-bond acceptors (Lipinski definition) is 4. The fourth-order valence-corrected chi connectivity index (χ4v) is 4.03. The van der Waals surface area contributed by atoms with Crippen LogP contribution in [0.15, 0.2) is 72.8 Å². The Kier molecular flexibility index (Phi) is 7.90. The summed E-state index contributed by atoms with van der Waals surface area (Å²) in [5.74, 6) is 0.802. The molecule has 8 heteroatoms. The fourth-order valence-electron chi connectivity index (χ4n) is 3.91. The van der Waals surface area contributed by atoms with E-state index in [4.69, 9.17) is 26.2 Å². The van der Waals surface area contributed by atoms with Gasteiger partial charge in [0.05, 0.1) is 30.6 Å². The maximum absolute atomic E-state index is 13.8. The first kappa shape index (κ1) is 25.3. The lowest BCUT2D eigenvalue weighted by Crippen LogP contribution is -2.31. The van der Waals surface area contributed by atoms with Crippen LogP contribution in [0.2, 0.25) is 5.02 Å². The van der Waals surface area contributed by atoms with E-state index >= 15 is 0 Å². The van der Waals surface area contributed by atoms with E-state index < -0.39 is 5.82 Å². The highest BCUT2D eigenvalue weighted by atomic mass is 35.5. The van der Waals surface area contributed by atoms with Crippen molar-refractivity contribution in [2.45, 2.75) is 26.8 Å². The van der Waals surface area contributed by atoms with Crippen molar-refractivity contribution in [3.05, 3.63) is 100 Å². The molecule has 186 valence electrons. The molecule has 3 aromatic carbocycles. The van der Waals surface area contributed by atoms with Crippen LogP contribution in [0.3, 0.4) is 0 Å². The van der Waals surface area contributed by atoms with Crippen LogP contribution in [-0.2, 0) is 6.54 Å². The second kappa shape index (κ2) is 11.3. The average Bonchev–Trinajstić information content (AvgIpc) is 3.18. The summed E-state index contributed by atoms with van der Waals surface area (Å²) in [5.41, 5.74) is 2.47. The molecule has 0 atom stereocenters. The molecular formula is C28H27ClFN3O3. The molecule has 0 bridgehead atoms. The summed E-state index contributed by atoms with van der Waals surface area (Å²) in [6.07, 6.45) is 0.730. The largest absolute Gasteiger partial charge is 0.493 e. The number of carbonyl (C=O) groups excluding carboxylic acids is 1. The minimum Gasteiger partial charge on any atom is -0.493 e. The van der Waals surface area contributed by atoms with Crippen LogP contribution in [0.4, 0.5) is 4.39 Å². The van der Waals surface area contributed by atoms with E-state index in [1.54, 1.807) is 41.0 Å². The number of aromatic nitrogens is 2. The first-order chi connectivity index (χ1) is 17.4. The monoisotopic (exact) mass is 507 g/mol. The molecule has 0 saturated carbocycles. The van der Waals surface area contributed by atoms with Gasteiger partial charge < -0.3 is 14.4 Å². The topological polar surface area (TPSA) is 56.6 Å². The molecule has 0 saturated heterocycles. The molecule has 1 amide bonds. The number of benzene rings is 3. The summed E-state index contributed by atoms with van der Waals surface area (Å²) in [4.78, 5) is 15.0. The molecule has 1 heterocycles. The van der Waals surface area contributed by atoms with Gasteiger partial charge in [-0.15, -0.1) is 0 Å². The maximum atomic E-state index is 13.8. The zero-order valence-electron chi connectivity index (χ0n) is 20.4. The van der Waals surface area contributed by atoms with Crippen molar-refractivity contribution >= 4 is 17.5 Å². The third kappa shape index (κ3) is 5.52. The van der Waals surface area contributed by atoms with Crippen LogP contribution in [0.1, 0.15) is 35.0 Å². The Bertz CT molecular complexity index is 1350. The molecule has 0 aliphatic heterocycles. The lowest BCUT2D eigenvalue weighted by Gasteiger charge is -2.23. The van der Waals surface area contributed by atoms with Gasteiger partial charge in [0.2, 0.25) is 5.88 Å². The van der Waals surface area contributed by atoms with Gasteiger partial charge >= 0.3 is 0 Å². The molecule has 0 aliphatic rings.